The summed E-state index contributed by atoms with van der Waals surface area (Å²) in [5.74, 6) is -2.62. The minimum atomic E-state index is -2.67. The lowest BCUT2D eigenvalue weighted by Crippen LogP contribution is -2.71. The molecular weight excluding hydrogens is 753 g/mol. The van der Waals surface area contributed by atoms with Crippen LogP contribution in [0.2, 0.25) is 54.4 Å². The Hall–Kier alpha value is -1.51. The summed E-state index contributed by atoms with van der Waals surface area (Å²) >= 11 is 0. The molecule has 6 atom stereocenters. The van der Waals surface area contributed by atoms with Crippen molar-refractivity contribution in [3.8, 4) is 0 Å². The van der Waals surface area contributed by atoms with E-state index in [1.54, 1.807) is 4.68 Å². The molecule has 13 nitrogen and oxygen atoms in total. The topological polar surface area (TPSA) is 152 Å². The number of esters is 1. The second-order valence-corrected chi connectivity index (χ2v) is 34.6. The van der Waals surface area contributed by atoms with Crippen molar-refractivity contribution in [2.24, 2.45) is 0 Å². The maximum Gasteiger partial charge on any atom is 0.366 e. The first-order chi connectivity index (χ1) is 25.0. The van der Waals surface area contributed by atoms with Gasteiger partial charge >= 0.3 is 5.97 Å². The molecule has 1 aromatic rings. The van der Waals surface area contributed by atoms with Gasteiger partial charge in [0, 0.05) is 25.6 Å². The quantitative estimate of drug-likeness (QED) is 0.136. The molecule has 1 aliphatic carbocycles. The summed E-state index contributed by atoms with van der Waals surface area (Å²) in [6.45, 7) is 31.5. The van der Waals surface area contributed by atoms with E-state index in [-0.39, 0.29) is 40.6 Å². The highest BCUT2D eigenvalue weighted by atomic mass is 28.4. The molecule has 2 fully saturated rings. The lowest BCUT2D eigenvalue weighted by molar-refractivity contribution is -0.302. The van der Waals surface area contributed by atoms with E-state index in [1.807, 2.05) is 6.20 Å². The van der Waals surface area contributed by atoms with Gasteiger partial charge in [0.25, 0.3) is 5.79 Å². The highest BCUT2D eigenvalue weighted by Gasteiger charge is 2.60. The van der Waals surface area contributed by atoms with E-state index in [1.165, 1.54) is 20.6 Å². The Morgan fingerprint density at radius 2 is 1.45 bits per heavy atom. The smallest absolute Gasteiger partial charge is 0.366 e. The monoisotopic (exact) mass is 828 g/mol. The molecule has 1 saturated heterocycles. The third-order valence-corrected chi connectivity index (χ3v) is 26.7. The normalized spacial score (nSPS) is 25.0. The zero-order chi connectivity index (χ0) is 42.0. The molecule has 0 radical (unpaired) electrons. The van der Waals surface area contributed by atoms with Crippen molar-refractivity contribution in [3.63, 3.8) is 0 Å². The van der Waals surface area contributed by atoms with Crippen molar-refractivity contribution in [1.82, 2.24) is 20.3 Å². The third kappa shape index (κ3) is 11.4. The second-order valence-electron chi connectivity index (χ2n) is 20.4. The number of hydrogen-bond acceptors (Lipinski definition) is 11. The van der Waals surface area contributed by atoms with Crippen LogP contribution in [0.3, 0.4) is 0 Å². The van der Waals surface area contributed by atoms with E-state index < -0.39 is 67.2 Å². The van der Waals surface area contributed by atoms with Crippen molar-refractivity contribution in [2.75, 3.05) is 20.8 Å². The molecule has 1 amide bonds. The summed E-state index contributed by atoms with van der Waals surface area (Å²) in [4.78, 5) is 28.1. The fourth-order valence-corrected chi connectivity index (χ4v) is 10.5. The Balaban J connectivity index is 2.25. The molecule has 1 aliphatic heterocycles. The molecule has 0 unspecified atom stereocenters. The van der Waals surface area contributed by atoms with E-state index in [9.17, 15) is 14.7 Å². The van der Waals surface area contributed by atoms with E-state index >= 15 is 0 Å². The summed E-state index contributed by atoms with van der Waals surface area (Å²) < 4.78 is 41.2. The molecule has 0 aromatic carbocycles. The van der Waals surface area contributed by atoms with E-state index in [4.69, 9.17) is 27.5 Å². The number of aliphatic hydroxyl groups excluding tert-OH is 1. The Bertz CT molecular complexity index is 1430. The molecule has 318 valence electrons. The van der Waals surface area contributed by atoms with Crippen LogP contribution in [-0.2, 0) is 43.6 Å². The molecule has 0 spiro atoms. The Morgan fingerprint density at radius 3 is 1.95 bits per heavy atom. The first kappa shape index (κ1) is 47.9. The predicted molar refractivity (Wildman–Crippen MR) is 222 cm³/mol. The van der Waals surface area contributed by atoms with Gasteiger partial charge in [-0.1, -0.05) is 86.8 Å². The molecule has 2 aliphatic rings. The van der Waals surface area contributed by atoms with Crippen LogP contribution in [0.1, 0.15) is 112 Å². The van der Waals surface area contributed by atoms with Gasteiger partial charge in [0.05, 0.1) is 37.7 Å². The van der Waals surface area contributed by atoms with Gasteiger partial charge in [0.15, 0.2) is 25.0 Å². The van der Waals surface area contributed by atoms with Gasteiger partial charge in [-0.2, -0.15) is 0 Å². The standard InChI is InChI=1S/C39H76N4O9Si3/c1-36(2,3)53(12,13)50-29-23-39(48-11,35(46)47-10)49-34(32(29)40-31(45)25-43-24-28(41-42-43)27-21-19-18-20-22-27)33(52-55(16,17)38(7,8)9)30(26-44)51-54(14,15)37(4,5)6/h24,27,29-30,32-34,44H,18-23,25-26H2,1-17H3,(H,40,45)/t29-,30+,32+,33+,34+,39+/m0/s1. The number of aromatic nitrogens is 3. The number of nitrogens with zero attached hydrogens (tertiary/aromatic N) is 3. The fourth-order valence-electron chi connectivity index (χ4n) is 6.55. The van der Waals surface area contributed by atoms with Gasteiger partial charge in [0.2, 0.25) is 5.91 Å². The van der Waals surface area contributed by atoms with Crippen molar-refractivity contribution in [1.29, 1.82) is 0 Å². The van der Waals surface area contributed by atoms with Crippen LogP contribution in [0.15, 0.2) is 6.20 Å². The number of methoxy groups -OCH3 is 2. The molecule has 2 N–H and O–H groups in total. The van der Waals surface area contributed by atoms with Gasteiger partial charge in [-0.25, -0.2) is 9.48 Å². The summed E-state index contributed by atoms with van der Waals surface area (Å²) in [6.07, 6.45) is 3.80. The first-order valence-electron chi connectivity index (χ1n) is 20.2. The van der Waals surface area contributed by atoms with Crippen molar-refractivity contribution >= 4 is 36.8 Å². The minimum absolute atomic E-state index is 0.0566. The highest BCUT2D eigenvalue weighted by Crippen LogP contribution is 2.46. The van der Waals surface area contributed by atoms with Crippen LogP contribution in [0.25, 0.3) is 0 Å². The van der Waals surface area contributed by atoms with Gasteiger partial charge < -0.3 is 37.9 Å². The Kier molecular flexibility index (Phi) is 15.5. The van der Waals surface area contributed by atoms with Crippen LogP contribution in [0.5, 0.6) is 0 Å². The van der Waals surface area contributed by atoms with Gasteiger partial charge in [0.1, 0.15) is 18.8 Å². The summed E-state index contributed by atoms with van der Waals surface area (Å²) in [5, 5.41) is 22.6. The number of aliphatic hydroxyl groups is 1. The molecule has 1 saturated carbocycles. The van der Waals surface area contributed by atoms with E-state index in [2.05, 4.69) is 117 Å². The average molecular weight is 829 g/mol. The van der Waals surface area contributed by atoms with E-state index in [0.29, 0.717) is 5.92 Å². The maximum absolute atomic E-state index is 14.3. The third-order valence-electron chi connectivity index (χ3n) is 13.2. The predicted octanol–water partition coefficient (Wildman–Crippen LogP) is 7.28. The molecule has 2 heterocycles. The van der Waals surface area contributed by atoms with Crippen LogP contribution in [0.4, 0.5) is 0 Å². The minimum Gasteiger partial charge on any atom is -0.465 e. The first-order valence-corrected chi connectivity index (χ1v) is 28.9. The fraction of sp³-hybridized carbons (Fsp3) is 0.897. The number of hydrogen-bond donors (Lipinski definition) is 2. The van der Waals surface area contributed by atoms with Crippen molar-refractivity contribution in [2.45, 2.75) is 204 Å². The number of carbonyl (C=O) groups is 2. The SMILES string of the molecule is COC(=O)[C@@]1(OC)C[C@H](O[Si](C)(C)C(C)(C)C)[C@@H](NC(=O)Cn2cc(C3CCCCC3)nn2)[C@H]([C@H](O[Si](C)(C)C(C)(C)C)[C@@H](CO)O[Si](C)(C)C(C)(C)C)O1. The summed E-state index contributed by atoms with van der Waals surface area (Å²) in [6, 6.07) is -0.859. The van der Waals surface area contributed by atoms with Crippen LogP contribution in [-0.4, -0.2) is 114 Å². The lowest BCUT2D eigenvalue weighted by atomic mass is 9.87. The van der Waals surface area contributed by atoms with Gasteiger partial charge in [-0.05, 0) is 67.2 Å². The second kappa shape index (κ2) is 17.8. The number of nitrogens with one attached hydrogen (secondary N) is 1. The zero-order valence-electron chi connectivity index (χ0n) is 37.3. The number of carbonyl (C=O) groups excluding carboxylic acids is 2. The molecule has 16 heteroatoms. The van der Waals surface area contributed by atoms with Crippen LogP contribution >= 0.6 is 0 Å². The summed E-state index contributed by atoms with van der Waals surface area (Å²) in [7, 11) is -5.09. The summed E-state index contributed by atoms with van der Waals surface area (Å²) in [5.41, 5.74) is 0.907. The largest absolute Gasteiger partial charge is 0.465 e. The van der Waals surface area contributed by atoms with Gasteiger partial charge in [-0.3, -0.25) is 4.79 Å². The van der Waals surface area contributed by atoms with Crippen LogP contribution in [0, 0.1) is 0 Å². The molecule has 3 rings (SSSR count). The average Bonchev–Trinajstić information content (AvgIpc) is 3.53. The van der Waals surface area contributed by atoms with E-state index in [0.717, 1.165) is 31.4 Å². The molecule has 55 heavy (non-hydrogen) atoms. The molecule has 0 bridgehead atoms. The molecular formula is C39H76N4O9Si3. The highest BCUT2D eigenvalue weighted by molar-refractivity contribution is 6.75. The number of amides is 1. The van der Waals surface area contributed by atoms with Gasteiger partial charge in [-0.15, -0.1) is 5.10 Å². The number of rotatable bonds is 15. The zero-order valence-corrected chi connectivity index (χ0v) is 40.3. The maximum atomic E-state index is 14.3. The lowest BCUT2D eigenvalue weighted by Gasteiger charge is -2.54. The molecule has 1 aromatic heterocycles. The van der Waals surface area contributed by atoms with Crippen molar-refractivity contribution in [3.05, 3.63) is 11.9 Å². The Labute approximate surface area is 335 Å². The van der Waals surface area contributed by atoms with Crippen LogP contribution < -0.4 is 5.32 Å². The van der Waals surface area contributed by atoms with Crippen molar-refractivity contribution < 1.29 is 42.2 Å². The number of ether oxygens (including phenoxy) is 3. The Morgan fingerprint density at radius 1 is 0.909 bits per heavy atom.